The molecule has 0 saturated heterocycles. The lowest BCUT2D eigenvalue weighted by Crippen LogP contribution is -2.19. The van der Waals surface area contributed by atoms with E-state index >= 15 is 0 Å². The van der Waals surface area contributed by atoms with Crippen molar-refractivity contribution in [1.82, 2.24) is 0 Å². The van der Waals surface area contributed by atoms with E-state index in [1.54, 1.807) is 0 Å². The van der Waals surface area contributed by atoms with Crippen molar-refractivity contribution in [3.63, 3.8) is 0 Å². The number of nitrogens with one attached hydrogen (secondary N) is 1. The van der Waals surface area contributed by atoms with Gasteiger partial charge in [0.15, 0.2) is 9.84 Å². The van der Waals surface area contributed by atoms with Gasteiger partial charge in [-0.25, -0.2) is 8.42 Å². The highest BCUT2D eigenvalue weighted by molar-refractivity contribution is 7.90. The molecule has 8 heteroatoms. The Balaban J connectivity index is 1.94. The summed E-state index contributed by atoms with van der Waals surface area (Å²) in [7, 11) is -3.41. The van der Waals surface area contributed by atoms with E-state index in [9.17, 15) is 18.0 Å². The van der Waals surface area contributed by atoms with E-state index in [4.69, 9.17) is 5.73 Å². The first-order valence-corrected chi connectivity index (χ1v) is 10.9. The first-order chi connectivity index (χ1) is 12.2. The third kappa shape index (κ3) is 3.66. The van der Waals surface area contributed by atoms with Gasteiger partial charge >= 0.3 is 0 Å². The maximum atomic E-state index is 12.6. The molecular formula is C18H20N2O4S2. The number of carbonyl (C=O) groups excluding carboxylic acids is 2. The first kappa shape index (κ1) is 18.6. The van der Waals surface area contributed by atoms with Gasteiger partial charge in [0.2, 0.25) is 0 Å². The number of anilines is 1. The van der Waals surface area contributed by atoms with Crippen LogP contribution in [0.2, 0.25) is 0 Å². The quantitative estimate of drug-likeness (QED) is 0.834. The second-order valence-electron chi connectivity index (χ2n) is 6.67. The largest absolute Gasteiger partial charge is 0.365 e. The smallest absolute Gasteiger partial charge is 0.256 e. The molecule has 1 aliphatic carbocycles. The summed E-state index contributed by atoms with van der Waals surface area (Å²) in [6.45, 7) is 2.15. The fourth-order valence-electron chi connectivity index (χ4n) is 3.14. The lowest BCUT2D eigenvalue weighted by Gasteiger charge is -2.18. The summed E-state index contributed by atoms with van der Waals surface area (Å²) in [5.74, 6) is -0.501. The molecule has 0 bridgehead atoms. The number of carbonyl (C=O) groups is 2. The van der Waals surface area contributed by atoms with Crippen molar-refractivity contribution in [1.29, 1.82) is 0 Å². The molecule has 1 aromatic carbocycles. The summed E-state index contributed by atoms with van der Waals surface area (Å²) in [6.07, 6.45) is 3.70. The van der Waals surface area contributed by atoms with Crippen LogP contribution in [0.4, 0.5) is 5.00 Å². The Hall–Kier alpha value is -2.19. The van der Waals surface area contributed by atoms with Crippen LogP contribution in [0.1, 0.15) is 44.5 Å². The minimum absolute atomic E-state index is 0.0690. The van der Waals surface area contributed by atoms with Crippen molar-refractivity contribution in [2.75, 3.05) is 11.6 Å². The second kappa shape index (κ2) is 6.85. The topological polar surface area (TPSA) is 106 Å². The summed E-state index contributed by atoms with van der Waals surface area (Å²) in [6, 6.07) is 5.81. The molecule has 0 fully saturated rings. The molecule has 0 radical (unpaired) electrons. The third-order valence-electron chi connectivity index (χ3n) is 4.51. The summed E-state index contributed by atoms with van der Waals surface area (Å²) < 4.78 is 23.4. The van der Waals surface area contributed by atoms with E-state index < -0.39 is 21.7 Å². The molecule has 3 rings (SSSR count). The number of hydrogen-bond donors (Lipinski definition) is 2. The van der Waals surface area contributed by atoms with Gasteiger partial charge in [0, 0.05) is 16.7 Å². The summed E-state index contributed by atoms with van der Waals surface area (Å²) in [4.78, 5) is 25.7. The molecule has 6 nitrogen and oxygen atoms in total. The van der Waals surface area contributed by atoms with Crippen molar-refractivity contribution in [3.8, 4) is 0 Å². The van der Waals surface area contributed by atoms with Crippen molar-refractivity contribution in [2.45, 2.75) is 31.1 Å². The van der Waals surface area contributed by atoms with Gasteiger partial charge in [-0.05, 0) is 48.9 Å². The number of thiophene rings is 1. The number of primary amides is 1. The van der Waals surface area contributed by atoms with Gasteiger partial charge in [-0.1, -0.05) is 13.0 Å². The van der Waals surface area contributed by atoms with Crippen molar-refractivity contribution < 1.29 is 18.0 Å². The summed E-state index contributed by atoms with van der Waals surface area (Å²) >= 11 is 1.38. The van der Waals surface area contributed by atoms with Crippen LogP contribution in [0.15, 0.2) is 29.2 Å². The van der Waals surface area contributed by atoms with E-state index in [2.05, 4.69) is 12.2 Å². The number of nitrogens with two attached hydrogens (primary N) is 1. The molecule has 0 saturated carbocycles. The minimum Gasteiger partial charge on any atom is -0.365 e. The SMILES string of the molecule is C[C@@H]1CCc2c(sc(NC(=O)c3cccc(S(C)(=O)=O)c3)c2C(N)=O)C1. The predicted molar refractivity (Wildman–Crippen MR) is 102 cm³/mol. The predicted octanol–water partition coefficient (Wildman–Crippen LogP) is 2.63. The molecule has 1 heterocycles. The Kier molecular flexibility index (Phi) is 4.90. The Morgan fingerprint density at radius 2 is 2.04 bits per heavy atom. The van der Waals surface area contributed by atoms with Crippen LogP contribution in [0.25, 0.3) is 0 Å². The molecule has 3 N–H and O–H groups in total. The zero-order valence-corrected chi connectivity index (χ0v) is 16.2. The Bertz CT molecular complexity index is 993. The van der Waals surface area contributed by atoms with E-state index in [0.717, 1.165) is 36.0 Å². The van der Waals surface area contributed by atoms with Crippen molar-refractivity contribution in [2.24, 2.45) is 11.7 Å². The molecular weight excluding hydrogens is 372 g/mol. The maximum absolute atomic E-state index is 12.6. The molecule has 0 spiro atoms. The lowest BCUT2D eigenvalue weighted by molar-refractivity contribution is 0.1000. The lowest BCUT2D eigenvalue weighted by atomic mass is 9.88. The highest BCUT2D eigenvalue weighted by Crippen LogP contribution is 2.39. The van der Waals surface area contributed by atoms with Gasteiger partial charge in [-0.3, -0.25) is 9.59 Å². The molecule has 1 atom stereocenters. The van der Waals surface area contributed by atoms with Crippen molar-refractivity contribution >= 4 is 38.0 Å². The van der Waals surface area contributed by atoms with Crippen LogP contribution in [0.3, 0.4) is 0 Å². The molecule has 0 unspecified atom stereocenters. The zero-order valence-electron chi connectivity index (χ0n) is 14.5. The van der Waals surface area contributed by atoms with Crippen LogP contribution in [0, 0.1) is 5.92 Å². The monoisotopic (exact) mass is 392 g/mol. The fraction of sp³-hybridized carbons (Fsp3) is 0.333. The van der Waals surface area contributed by atoms with Crippen LogP contribution >= 0.6 is 11.3 Å². The Morgan fingerprint density at radius 1 is 1.31 bits per heavy atom. The van der Waals surface area contributed by atoms with Crippen LogP contribution in [0.5, 0.6) is 0 Å². The number of sulfone groups is 1. The van der Waals surface area contributed by atoms with Crippen LogP contribution in [-0.2, 0) is 22.7 Å². The minimum atomic E-state index is -3.41. The van der Waals surface area contributed by atoms with Gasteiger partial charge in [-0.15, -0.1) is 11.3 Å². The van der Waals surface area contributed by atoms with Gasteiger partial charge in [0.25, 0.3) is 11.8 Å². The molecule has 26 heavy (non-hydrogen) atoms. The fourth-order valence-corrected chi connectivity index (χ4v) is 5.22. The van der Waals surface area contributed by atoms with E-state index in [-0.39, 0.29) is 10.5 Å². The molecule has 2 amide bonds. The highest BCUT2D eigenvalue weighted by atomic mass is 32.2. The Labute approximate surface area is 156 Å². The molecule has 0 aliphatic heterocycles. The van der Waals surface area contributed by atoms with Crippen molar-refractivity contribution in [3.05, 3.63) is 45.8 Å². The van der Waals surface area contributed by atoms with E-state index in [1.807, 2.05) is 0 Å². The Morgan fingerprint density at radius 3 is 2.69 bits per heavy atom. The normalized spacial score (nSPS) is 16.8. The first-order valence-electron chi connectivity index (χ1n) is 8.22. The highest BCUT2D eigenvalue weighted by Gasteiger charge is 2.27. The molecule has 2 aromatic rings. The maximum Gasteiger partial charge on any atom is 0.256 e. The number of hydrogen-bond acceptors (Lipinski definition) is 5. The molecule has 138 valence electrons. The molecule has 1 aliphatic rings. The second-order valence-corrected chi connectivity index (χ2v) is 9.80. The van der Waals surface area contributed by atoms with Gasteiger partial charge in [0.1, 0.15) is 5.00 Å². The third-order valence-corrected chi connectivity index (χ3v) is 6.79. The number of benzene rings is 1. The van der Waals surface area contributed by atoms with Gasteiger partial charge < -0.3 is 11.1 Å². The summed E-state index contributed by atoms with van der Waals surface area (Å²) in [5, 5.41) is 3.18. The average Bonchev–Trinajstić information content (AvgIpc) is 2.91. The van der Waals surface area contributed by atoms with E-state index in [0.29, 0.717) is 16.5 Å². The number of amides is 2. The van der Waals surface area contributed by atoms with Crippen LogP contribution < -0.4 is 11.1 Å². The summed E-state index contributed by atoms with van der Waals surface area (Å²) in [5.41, 5.74) is 7.07. The van der Waals surface area contributed by atoms with Crippen LogP contribution in [-0.4, -0.2) is 26.5 Å². The zero-order chi connectivity index (χ0) is 19.1. The number of fused-ring (bicyclic) bond motifs is 1. The van der Waals surface area contributed by atoms with Gasteiger partial charge in [0.05, 0.1) is 10.5 Å². The van der Waals surface area contributed by atoms with E-state index in [1.165, 1.54) is 35.6 Å². The number of rotatable bonds is 4. The molecule has 1 aromatic heterocycles. The standard InChI is InChI=1S/C18H20N2O4S2/c1-10-6-7-13-14(8-10)25-18(15(13)16(19)21)20-17(22)11-4-3-5-12(9-11)26(2,23)24/h3-5,9-10H,6-8H2,1-2H3,(H2,19,21)(H,20,22)/t10-/m1/s1. The van der Waals surface area contributed by atoms with Gasteiger partial charge in [-0.2, -0.15) is 0 Å². The average molecular weight is 393 g/mol.